The standard InChI is InChI=1S/C16H12N6O2/c1-10-18-14(13-4-2-3-9-17-13)20-16(19-10)21-15(23)11-5-7-12(22-24)8-6-11/h2-9H,1H3,(H,18,19,20,21,23). The normalized spacial score (nSPS) is 10.2. The summed E-state index contributed by atoms with van der Waals surface area (Å²) in [7, 11) is 0. The van der Waals surface area contributed by atoms with E-state index in [1.54, 1.807) is 25.3 Å². The fourth-order valence-electron chi connectivity index (χ4n) is 1.99. The number of hydrogen-bond donors (Lipinski definition) is 1. The van der Waals surface area contributed by atoms with Crippen LogP contribution in [0.4, 0.5) is 11.6 Å². The van der Waals surface area contributed by atoms with Crippen LogP contribution in [-0.2, 0) is 0 Å². The van der Waals surface area contributed by atoms with E-state index in [2.05, 4.69) is 30.4 Å². The maximum Gasteiger partial charge on any atom is 0.258 e. The molecule has 8 heteroatoms. The van der Waals surface area contributed by atoms with E-state index >= 15 is 0 Å². The van der Waals surface area contributed by atoms with Gasteiger partial charge in [-0.2, -0.15) is 9.97 Å². The molecule has 0 radical (unpaired) electrons. The number of aromatic nitrogens is 4. The molecule has 0 fully saturated rings. The van der Waals surface area contributed by atoms with Gasteiger partial charge >= 0.3 is 0 Å². The highest BCUT2D eigenvalue weighted by molar-refractivity contribution is 6.03. The van der Waals surface area contributed by atoms with Gasteiger partial charge in [-0.1, -0.05) is 6.07 Å². The third kappa shape index (κ3) is 3.43. The third-order valence-corrected chi connectivity index (χ3v) is 3.10. The number of benzene rings is 1. The second kappa shape index (κ2) is 6.69. The molecule has 0 aliphatic heterocycles. The summed E-state index contributed by atoms with van der Waals surface area (Å²) in [5.74, 6) is 0.566. The topological polar surface area (TPSA) is 110 Å². The number of carbonyl (C=O) groups excluding carboxylic acids is 1. The first kappa shape index (κ1) is 15.3. The third-order valence-electron chi connectivity index (χ3n) is 3.10. The van der Waals surface area contributed by atoms with Crippen molar-refractivity contribution >= 4 is 17.5 Å². The monoisotopic (exact) mass is 320 g/mol. The summed E-state index contributed by atoms with van der Waals surface area (Å²) in [4.78, 5) is 39.4. The first-order valence-electron chi connectivity index (χ1n) is 7.04. The molecule has 0 saturated heterocycles. The Morgan fingerprint density at radius 1 is 1.04 bits per heavy atom. The van der Waals surface area contributed by atoms with E-state index in [1.807, 2.05) is 6.07 Å². The van der Waals surface area contributed by atoms with Gasteiger partial charge in [-0.15, -0.1) is 4.91 Å². The van der Waals surface area contributed by atoms with Gasteiger partial charge in [-0.25, -0.2) is 4.98 Å². The second-order valence-electron chi connectivity index (χ2n) is 4.84. The van der Waals surface area contributed by atoms with Crippen molar-refractivity contribution in [3.05, 3.63) is 65.0 Å². The number of amides is 1. The summed E-state index contributed by atoms with van der Waals surface area (Å²) < 4.78 is 0. The molecule has 1 aromatic carbocycles. The summed E-state index contributed by atoms with van der Waals surface area (Å²) in [6.45, 7) is 1.70. The Morgan fingerprint density at radius 2 is 1.83 bits per heavy atom. The molecule has 0 atom stereocenters. The van der Waals surface area contributed by atoms with Gasteiger partial charge in [0.05, 0.1) is 0 Å². The Bertz CT molecular complexity index is 881. The van der Waals surface area contributed by atoms with Gasteiger partial charge in [-0.05, 0) is 48.5 Å². The van der Waals surface area contributed by atoms with Crippen LogP contribution in [0.5, 0.6) is 0 Å². The summed E-state index contributed by atoms with van der Waals surface area (Å²) in [5.41, 5.74) is 1.19. The van der Waals surface area contributed by atoms with Crippen molar-refractivity contribution in [2.45, 2.75) is 6.92 Å². The molecule has 24 heavy (non-hydrogen) atoms. The zero-order valence-electron chi connectivity index (χ0n) is 12.7. The van der Waals surface area contributed by atoms with Crippen molar-refractivity contribution in [2.75, 3.05) is 5.32 Å². The van der Waals surface area contributed by atoms with E-state index < -0.39 is 5.91 Å². The van der Waals surface area contributed by atoms with Crippen molar-refractivity contribution in [3.63, 3.8) is 0 Å². The van der Waals surface area contributed by atoms with Gasteiger partial charge in [0.2, 0.25) is 5.95 Å². The number of carbonyl (C=O) groups is 1. The SMILES string of the molecule is Cc1nc(NC(=O)c2ccc(N=O)cc2)nc(-c2ccccn2)n1. The number of rotatable bonds is 4. The molecular weight excluding hydrogens is 308 g/mol. The Hall–Kier alpha value is -3.55. The van der Waals surface area contributed by atoms with E-state index in [9.17, 15) is 9.70 Å². The molecule has 0 bridgehead atoms. The number of pyridine rings is 1. The summed E-state index contributed by atoms with van der Waals surface area (Å²) >= 11 is 0. The summed E-state index contributed by atoms with van der Waals surface area (Å²) in [6.07, 6.45) is 1.63. The number of anilines is 1. The van der Waals surface area contributed by atoms with Gasteiger partial charge in [0.25, 0.3) is 5.91 Å². The van der Waals surface area contributed by atoms with Crippen molar-refractivity contribution in [2.24, 2.45) is 5.18 Å². The van der Waals surface area contributed by atoms with E-state index in [-0.39, 0.29) is 11.6 Å². The number of nitroso groups, excluding NO2 is 1. The van der Waals surface area contributed by atoms with Crippen LogP contribution in [0.2, 0.25) is 0 Å². The first-order valence-corrected chi connectivity index (χ1v) is 7.04. The fraction of sp³-hybridized carbons (Fsp3) is 0.0625. The average molecular weight is 320 g/mol. The van der Waals surface area contributed by atoms with Gasteiger partial charge in [0.15, 0.2) is 5.82 Å². The highest BCUT2D eigenvalue weighted by Gasteiger charge is 2.11. The smallest absolute Gasteiger partial charge is 0.258 e. The molecule has 0 saturated carbocycles. The minimum atomic E-state index is -0.398. The van der Waals surface area contributed by atoms with E-state index in [0.717, 1.165) is 0 Å². The number of nitrogens with one attached hydrogen (secondary N) is 1. The molecule has 0 unspecified atom stereocenters. The molecule has 1 amide bonds. The van der Waals surface area contributed by atoms with Crippen LogP contribution in [0.15, 0.2) is 53.8 Å². The zero-order chi connectivity index (χ0) is 16.9. The molecule has 1 N–H and O–H groups in total. The molecule has 3 aromatic rings. The minimum Gasteiger partial charge on any atom is -0.290 e. The van der Waals surface area contributed by atoms with Gasteiger partial charge < -0.3 is 0 Å². The van der Waals surface area contributed by atoms with Crippen molar-refractivity contribution in [1.82, 2.24) is 19.9 Å². The lowest BCUT2D eigenvalue weighted by Gasteiger charge is -2.06. The highest BCUT2D eigenvalue weighted by Crippen LogP contribution is 2.15. The molecule has 8 nitrogen and oxygen atoms in total. The lowest BCUT2D eigenvalue weighted by Crippen LogP contribution is -2.15. The Balaban J connectivity index is 1.85. The van der Waals surface area contributed by atoms with Gasteiger partial charge in [0, 0.05) is 11.8 Å². The zero-order valence-corrected chi connectivity index (χ0v) is 12.7. The summed E-state index contributed by atoms with van der Waals surface area (Å²) in [5, 5.41) is 5.40. The maximum atomic E-state index is 12.2. The molecule has 0 aliphatic carbocycles. The summed E-state index contributed by atoms with van der Waals surface area (Å²) in [6, 6.07) is 11.3. The van der Waals surface area contributed by atoms with E-state index in [0.29, 0.717) is 22.9 Å². The van der Waals surface area contributed by atoms with Crippen LogP contribution in [0, 0.1) is 11.8 Å². The van der Waals surface area contributed by atoms with Gasteiger partial charge in [0.1, 0.15) is 17.2 Å². The highest BCUT2D eigenvalue weighted by atomic mass is 16.3. The Morgan fingerprint density at radius 3 is 2.50 bits per heavy atom. The quantitative estimate of drug-likeness (QED) is 0.740. The molecular formula is C16H12N6O2. The second-order valence-corrected chi connectivity index (χ2v) is 4.84. The lowest BCUT2D eigenvalue weighted by atomic mass is 10.2. The largest absolute Gasteiger partial charge is 0.290 e. The first-order chi connectivity index (χ1) is 11.7. The van der Waals surface area contributed by atoms with Crippen LogP contribution in [0.1, 0.15) is 16.2 Å². The number of aryl methyl sites for hydroxylation is 1. The van der Waals surface area contributed by atoms with Crippen molar-refractivity contribution in [1.29, 1.82) is 0 Å². The Labute approximate surface area is 137 Å². The van der Waals surface area contributed by atoms with Crippen LogP contribution >= 0.6 is 0 Å². The van der Waals surface area contributed by atoms with Crippen molar-refractivity contribution < 1.29 is 4.79 Å². The fourth-order valence-corrected chi connectivity index (χ4v) is 1.99. The maximum absolute atomic E-state index is 12.2. The van der Waals surface area contributed by atoms with Crippen LogP contribution in [-0.4, -0.2) is 25.8 Å². The molecule has 2 heterocycles. The molecule has 0 spiro atoms. The van der Waals surface area contributed by atoms with Crippen LogP contribution in [0.25, 0.3) is 11.5 Å². The lowest BCUT2D eigenvalue weighted by molar-refractivity contribution is 0.102. The van der Waals surface area contributed by atoms with Crippen molar-refractivity contribution in [3.8, 4) is 11.5 Å². The molecule has 3 rings (SSSR count). The van der Waals surface area contributed by atoms with Crippen LogP contribution < -0.4 is 5.32 Å². The average Bonchev–Trinajstić information content (AvgIpc) is 2.62. The van der Waals surface area contributed by atoms with Gasteiger partial charge in [-0.3, -0.25) is 15.1 Å². The molecule has 0 aliphatic rings. The molecule has 118 valence electrons. The molecule has 2 aromatic heterocycles. The predicted octanol–water partition coefficient (Wildman–Crippen LogP) is 2.89. The predicted molar refractivity (Wildman–Crippen MR) is 87.6 cm³/mol. The Kier molecular flexibility index (Phi) is 4.28. The van der Waals surface area contributed by atoms with E-state index in [4.69, 9.17) is 0 Å². The minimum absolute atomic E-state index is 0.130. The van der Waals surface area contributed by atoms with Crippen LogP contribution in [0.3, 0.4) is 0 Å². The number of hydrogen-bond acceptors (Lipinski definition) is 7. The van der Waals surface area contributed by atoms with E-state index in [1.165, 1.54) is 24.3 Å². The number of nitrogens with zero attached hydrogens (tertiary/aromatic N) is 5.